The first-order valence-electron chi connectivity index (χ1n) is 5.93. The molecule has 0 unspecified atom stereocenters. The van der Waals surface area contributed by atoms with Gasteiger partial charge in [0.2, 0.25) is 0 Å². The van der Waals surface area contributed by atoms with Crippen LogP contribution < -0.4 is 5.56 Å². The Hall–Kier alpha value is -1.76. The Labute approximate surface area is 126 Å². The molecule has 3 nitrogen and oxygen atoms in total. The minimum Gasteiger partial charge on any atom is -0.305 e. The fraction of sp³-hybridized carbons (Fsp3) is 0. The topological polar surface area (TPSA) is 45.8 Å². The van der Waals surface area contributed by atoms with Gasteiger partial charge >= 0.3 is 0 Å². The fourth-order valence-electron chi connectivity index (χ4n) is 2.00. The minimum absolute atomic E-state index is 0.0718. The van der Waals surface area contributed by atoms with Gasteiger partial charge in [0, 0.05) is 9.75 Å². The molecule has 0 aliphatic heterocycles. The van der Waals surface area contributed by atoms with Gasteiger partial charge in [0.05, 0.1) is 10.3 Å². The Balaban J connectivity index is 1.94. The van der Waals surface area contributed by atoms with Gasteiger partial charge in [-0.1, -0.05) is 12.1 Å². The van der Waals surface area contributed by atoms with Crippen molar-refractivity contribution in [1.82, 2.24) is 9.97 Å². The summed E-state index contributed by atoms with van der Waals surface area (Å²) in [7, 11) is 0. The molecule has 0 spiro atoms. The van der Waals surface area contributed by atoms with Crippen molar-refractivity contribution in [2.45, 2.75) is 0 Å². The lowest BCUT2D eigenvalue weighted by Crippen LogP contribution is -2.07. The molecular weight excluding hydrogens is 308 g/mol. The zero-order chi connectivity index (χ0) is 13.5. The lowest BCUT2D eigenvalue weighted by Gasteiger charge is -1.96. The molecule has 98 valence electrons. The third-order valence-electron chi connectivity index (χ3n) is 2.92. The Bertz CT molecular complexity index is 917. The minimum atomic E-state index is -0.0718. The monoisotopic (exact) mass is 316 g/mol. The molecule has 0 saturated carbocycles. The molecule has 6 heteroatoms. The molecule has 0 aliphatic rings. The molecule has 20 heavy (non-hydrogen) atoms. The molecule has 0 atom stereocenters. The summed E-state index contributed by atoms with van der Waals surface area (Å²) in [6, 6.07) is 9.91. The number of nitrogens with one attached hydrogen (secondary N) is 1. The molecule has 0 radical (unpaired) electrons. The van der Waals surface area contributed by atoms with Gasteiger partial charge in [-0.15, -0.1) is 34.0 Å². The van der Waals surface area contributed by atoms with E-state index in [0.717, 1.165) is 14.6 Å². The molecule has 4 rings (SSSR count). The maximum atomic E-state index is 12.2. The number of fused-ring (bicyclic) bond motifs is 1. The second-order valence-electron chi connectivity index (χ2n) is 4.20. The van der Waals surface area contributed by atoms with Crippen molar-refractivity contribution in [1.29, 1.82) is 0 Å². The lowest BCUT2D eigenvalue weighted by atomic mass is 10.3. The highest BCUT2D eigenvalue weighted by molar-refractivity contribution is 7.25. The summed E-state index contributed by atoms with van der Waals surface area (Å²) in [5.74, 6) is 0.650. The van der Waals surface area contributed by atoms with Gasteiger partial charge in [-0.2, -0.15) is 0 Å². The van der Waals surface area contributed by atoms with Crippen LogP contribution in [0.2, 0.25) is 0 Å². The molecular formula is C14H8N2OS3. The molecule has 0 bridgehead atoms. The third-order valence-corrected chi connectivity index (χ3v) is 5.89. The van der Waals surface area contributed by atoms with Crippen LogP contribution in [0, 0.1) is 0 Å². The van der Waals surface area contributed by atoms with E-state index in [1.54, 1.807) is 34.0 Å². The average molecular weight is 316 g/mol. The number of nitrogens with zero attached hydrogens (tertiary/aromatic N) is 1. The van der Waals surface area contributed by atoms with E-state index in [1.807, 2.05) is 35.0 Å². The molecule has 0 aliphatic carbocycles. The molecule has 4 aromatic heterocycles. The van der Waals surface area contributed by atoms with Gasteiger partial charge < -0.3 is 4.98 Å². The quantitative estimate of drug-likeness (QED) is 0.594. The zero-order valence-corrected chi connectivity index (χ0v) is 12.6. The number of thiophene rings is 3. The molecule has 4 aromatic rings. The second-order valence-corrected chi connectivity index (χ2v) is 7.12. The fourth-order valence-corrected chi connectivity index (χ4v) is 4.53. The van der Waals surface area contributed by atoms with Crippen LogP contribution in [0.4, 0.5) is 0 Å². The predicted octanol–water partition coefficient (Wildman–Crippen LogP) is 4.44. The summed E-state index contributed by atoms with van der Waals surface area (Å²) in [4.78, 5) is 23.7. The summed E-state index contributed by atoms with van der Waals surface area (Å²) < 4.78 is 0. The SMILES string of the molecule is O=c1[nH]c(-c2cccs2)nc2sc(-c3cccs3)cc12. The molecule has 1 N–H and O–H groups in total. The Morgan fingerprint density at radius 2 is 1.75 bits per heavy atom. The maximum Gasteiger partial charge on any atom is 0.259 e. The van der Waals surface area contributed by atoms with E-state index in [-0.39, 0.29) is 5.56 Å². The van der Waals surface area contributed by atoms with Gasteiger partial charge in [0.25, 0.3) is 5.56 Å². The van der Waals surface area contributed by atoms with Crippen LogP contribution in [-0.2, 0) is 0 Å². The Morgan fingerprint density at radius 1 is 1.00 bits per heavy atom. The summed E-state index contributed by atoms with van der Waals surface area (Å²) in [5.41, 5.74) is -0.0718. The van der Waals surface area contributed by atoms with Gasteiger partial charge in [-0.05, 0) is 29.0 Å². The van der Waals surface area contributed by atoms with Crippen LogP contribution in [0.5, 0.6) is 0 Å². The number of hydrogen-bond acceptors (Lipinski definition) is 5. The van der Waals surface area contributed by atoms with Crippen LogP contribution in [0.15, 0.2) is 45.9 Å². The van der Waals surface area contributed by atoms with Gasteiger partial charge in [0.1, 0.15) is 4.83 Å². The van der Waals surface area contributed by atoms with E-state index >= 15 is 0 Å². The summed E-state index contributed by atoms with van der Waals surface area (Å²) >= 11 is 4.81. The van der Waals surface area contributed by atoms with E-state index in [4.69, 9.17) is 0 Å². The smallest absolute Gasteiger partial charge is 0.259 e. The molecule has 0 fully saturated rings. The van der Waals surface area contributed by atoms with Crippen molar-refractivity contribution >= 4 is 44.2 Å². The van der Waals surface area contributed by atoms with Crippen molar-refractivity contribution in [3.63, 3.8) is 0 Å². The number of aromatic nitrogens is 2. The lowest BCUT2D eigenvalue weighted by molar-refractivity contribution is 1.20. The van der Waals surface area contributed by atoms with Crippen LogP contribution in [-0.4, -0.2) is 9.97 Å². The Morgan fingerprint density at radius 3 is 2.45 bits per heavy atom. The van der Waals surface area contributed by atoms with Crippen LogP contribution in [0.1, 0.15) is 0 Å². The zero-order valence-electron chi connectivity index (χ0n) is 10.1. The van der Waals surface area contributed by atoms with Gasteiger partial charge in [0.15, 0.2) is 5.82 Å². The molecule has 4 heterocycles. The van der Waals surface area contributed by atoms with Gasteiger partial charge in [-0.3, -0.25) is 4.79 Å². The van der Waals surface area contributed by atoms with Crippen LogP contribution in [0.3, 0.4) is 0 Å². The number of hydrogen-bond donors (Lipinski definition) is 1. The highest BCUT2D eigenvalue weighted by Gasteiger charge is 2.12. The highest BCUT2D eigenvalue weighted by atomic mass is 32.1. The van der Waals surface area contributed by atoms with Crippen molar-refractivity contribution in [3.05, 3.63) is 51.4 Å². The first-order valence-corrected chi connectivity index (χ1v) is 8.50. The molecule has 0 amide bonds. The van der Waals surface area contributed by atoms with Gasteiger partial charge in [-0.25, -0.2) is 4.98 Å². The van der Waals surface area contributed by atoms with E-state index in [0.29, 0.717) is 11.2 Å². The number of aromatic amines is 1. The predicted molar refractivity (Wildman–Crippen MR) is 86.9 cm³/mol. The second kappa shape index (κ2) is 4.66. The Kier molecular flexibility index (Phi) is 2.80. The van der Waals surface area contributed by atoms with E-state index in [1.165, 1.54) is 4.88 Å². The van der Waals surface area contributed by atoms with Crippen molar-refractivity contribution < 1.29 is 0 Å². The van der Waals surface area contributed by atoms with E-state index < -0.39 is 0 Å². The maximum absolute atomic E-state index is 12.2. The number of rotatable bonds is 2. The van der Waals surface area contributed by atoms with Crippen molar-refractivity contribution in [3.8, 4) is 20.5 Å². The largest absolute Gasteiger partial charge is 0.305 e. The highest BCUT2D eigenvalue weighted by Crippen LogP contribution is 2.34. The first-order chi connectivity index (χ1) is 9.81. The van der Waals surface area contributed by atoms with E-state index in [9.17, 15) is 4.79 Å². The standard InChI is InChI=1S/C14H8N2OS3/c17-13-8-7-11(9-3-1-5-18-9)20-14(8)16-12(15-13)10-4-2-6-19-10/h1-7H,(H,15,16,17). The van der Waals surface area contributed by atoms with Crippen LogP contribution >= 0.6 is 34.0 Å². The van der Waals surface area contributed by atoms with Crippen molar-refractivity contribution in [2.24, 2.45) is 0 Å². The molecule has 0 saturated heterocycles. The number of H-pyrrole nitrogens is 1. The summed E-state index contributed by atoms with van der Waals surface area (Å²) in [6.07, 6.45) is 0. The summed E-state index contributed by atoms with van der Waals surface area (Å²) in [6.45, 7) is 0. The average Bonchev–Trinajstić information content (AvgIpc) is 3.19. The molecule has 0 aromatic carbocycles. The first kappa shape index (κ1) is 12.0. The van der Waals surface area contributed by atoms with Crippen LogP contribution in [0.25, 0.3) is 30.7 Å². The summed E-state index contributed by atoms with van der Waals surface area (Å²) in [5, 5.41) is 4.68. The normalized spacial score (nSPS) is 11.2. The van der Waals surface area contributed by atoms with Crippen molar-refractivity contribution in [2.75, 3.05) is 0 Å². The third kappa shape index (κ3) is 1.93. The van der Waals surface area contributed by atoms with E-state index in [2.05, 4.69) is 16.0 Å².